The van der Waals surface area contributed by atoms with Crippen LogP contribution in [0.1, 0.15) is 0 Å². The molecule has 0 fully saturated rings. The minimum Gasteiger partial charge on any atom is -0.435 e. The molecule has 5 nitrogen and oxygen atoms in total. The highest BCUT2D eigenvalue weighted by molar-refractivity contribution is 6.18. The molecule has 5 heteroatoms. The molecule has 0 aliphatic carbocycles. The Morgan fingerprint density at radius 1 is 0.284 bits per heavy atom. The zero-order chi connectivity index (χ0) is 49.2. The minimum atomic E-state index is 0.603. The smallest absolute Gasteiger partial charge is 0.227 e. The molecule has 0 spiro atoms. The molecule has 0 saturated heterocycles. The lowest BCUT2D eigenvalue weighted by Gasteiger charge is -2.31. The monoisotopic (exact) mass is 948 g/mol. The van der Waals surface area contributed by atoms with Crippen LogP contribution in [0.5, 0.6) is 0 Å². The maximum absolute atomic E-state index is 6.73. The van der Waals surface area contributed by atoms with E-state index in [0.29, 0.717) is 5.89 Å². The van der Waals surface area contributed by atoms with E-state index in [-0.39, 0.29) is 0 Å². The van der Waals surface area contributed by atoms with Gasteiger partial charge in [-0.05, 0) is 148 Å². The second kappa shape index (κ2) is 19.3. The van der Waals surface area contributed by atoms with Crippen LogP contribution >= 0.6 is 0 Å². The summed E-state index contributed by atoms with van der Waals surface area (Å²) in [5, 5.41) is 4.30. The highest BCUT2D eigenvalue weighted by atomic mass is 16.3. The molecule has 0 aliphatic heterocycles. The van der Waals surface area contributed by atoms with Gasteiger partial charge in [-0.3, -0.25) is 0 Å². The number of benzene rings is 12. The fraction of sp³-hybridized carbons (Fsp3) is 0. The first-order valence-corrected chi connectivity index (χ1v) is 25.0. The average Bonchev–Trinajstić information content (AvgIpc) is 3.94. The van der Waals surface area contributed by atoms with Gasteiger partial charge >= 0.3 is 0 Å². The van der Waals surface area contributed by atoms with E-state index in [1.807, 2.05) is 30.3 Å². The lowest BCUT2D eigenvalue weighted by molar-refractivity contribution is 0.623. The van der Waals surface area contributed by atoms with Crippen LogP contribution in [-0.4, -0.2) is 4.98 Å². The Balaban J connectivity index is 1.01. The van der Waals surface area contributed by atoms with Gasteiger partial charge in [0.2, 0.25) is 5.89 Å². The van der Waals surface area contributed by atoms with Crippen molar-refractivity contribution in [1.29, 1.82) is 0 Å². The summed E-state index contributed by atoms with van der Waals surface area (Å²) in [5.41, 5.74) is 16.4. The molecule has 13 rings (SSSR count). The number of nitrogens with zero attached hydrogens (tertiary/aromatic N) is 4. The molecular formula is C69H48N4O. The molecule has 1 heterocycles. The SMILES string of the molecule is c1ccc(-c2cccc(-c3ccccc3N(c3ccccc3)c3cccc(N(c4cccc(N(c5ccccc5)c5ccccc5)c4)c4ccc5ccc6ccc7nc(-c8ccccc8)oc7c6c5c4)c3)c2)cc1. The quantitative estimate of drug-likeness (QED) is 0.114. The molecule has 0 amide bonds. The van der Waals surface area contributed by atoms with Crippen LogP contribution in [0.4, 0.5) is 51.2 Å². The van der Waals surface area contributed by atoms with Crippen molar-refractivity contribution in [3.05, 3.63) is 291 Å². The molecule has 13 aromatic rings. The highest BCUT2D eigenvalue weighted by Crippen LogP contribution is 2.46. The number of aromatic nitrogens is 1. The molecule has 0 N–H and O–H groups in total. The molecule has 0 saturated carbocycles. The number of para-hydroxylation sites is 4. The van der Waals surface area contributed by atoms with Crippen LogP contribution in [0.3, 0.4) is 0 Å². The van der Waals surface area contributed by atoms with Crippen molar-refractivity contribution < 1.29 is 4.42 Å². The highest BCUT2D eigenvalue weighted by Gasteiger charge is 2.23. The van der Waals surface area contributed by atoms with Gasteiger partial charge in [-0.1, -0.05) is 176 Å². The Morgan fingerprint density at radius 2 is 0.716 bits per heavy atom. The summed E-state index contributed by atoms with van der Waals surface area (Å²) in [5.74, 6) is 0.603. The van der Waals surface area contributed by atoms with E-state index in [4.69, 9.17) is 9.40 Å². The van der Waals surface area contributed by atoms with Crippen molar-refractivity contribution in [2.24, 2.45) is 0 Å². The van der Waals surface area contributed by atoms with Crippen LogP contribution in [0.2, 0.25) is 0 Å². The second-order valence-corrected chi connectivity index (χ2v) is 18.4. The maximum atomic E-state index is 6.73. The maximum Gasteiger partial charge on any atom is 0.227 e. The van der Waals surface area contributed by atoms with Gasteiger partial charge in [-0.2, -0.15) is 0 Å². The van der Waals surface area contributed by atoms with Crippen molar-refractivity contribution in [2.45, 2.75) is 0 Å². The Morgan fingerprint density at radius 3 is 1.35 bits per heavy atom. The summed E-state index contributed by atoms with van der Waals surface area (Å²) >= 11 is 0. The Kier molecular flexibility index (Phi) is 11.5. The second-order valence-electron chi connectivity index (χ2n) is 18.4. The first-order valence-electron chi connectivity index (χ1n) is 25.0. The van der Waals surface area contributed by atoms with Gasteiger partial charge in [0.25, 0.3) is 0 Å². The Labute approximate surface area is 430 Å². The number of oxazole rings is 1. The third kappa shape index (κ3) is 8.38. The van der Waals surface area contributed by atoms with E-state index in [1.165, 1.54) is 11.1 Å². The first kappa shape index (κ1) is 44.0. The van der Waals surface area contributed by atoms with Gasteiger partial charge in [0.1, 0.15) is 5.52 Å². The van der Waals surface area contributed by atoms with Gasteiger partial charge < -0.3 is 19.1 Å². The number of hydrogen-bond donors (Lipinski definition) is 0. The van der Waals surface area contributed by atoms with E-state index >= 15 is 0 Å². The molecule has 1 aromatic heterocycles. The van der Waals surface area contributed by atoms with Crippen molar-refractivity contribution in [3.63, 3.8) is 0 Å². The van der Waals surface area contributed by atoms with Gasteiger partial charge in [0.05, 0.1) is 5.69 Å². The van der Waals surface area contributed by atoms with Crippen molar-refractivity contribution in [3.8, 4) is 33.7 Å². The van der Waals surface area contributed by atoms with Gasteiger partial charge in [-0.15, -0.1) is 0 Å². The van der Waals surface area contributed by atoms with E-state index in [2.05, 4.69) is 276 Å². The zero-order valence-corrected chi connectivity index (χ0v) is 40.4. The van der Waals surface area contributed by atoms with Crippen molar-refractivity contribution >= 4 is 83.8 Å². The van der Waals surface area contributed by atoms with Crippen LogP contribution in [0.15, 0.2) is 296 Å². The van der Waals surface area contributed by atoms with E-state index in [1.54, 1.807) is 0 Å². The molecule has 0 unspecified atom stereocenters. The third-order valence-electron chi connectivity index (χ3n) is 13.8. The lowest BCUT2D eigenvalue weighted by atomic mass is 9.97. The van der Waals surface area contributed by atoms with Crippen LogP contribution in [0, 0.1) is 0 Å². The predicted octanol–water partition coefficient (Wildman–Crippen LogP) is 19.5. The Hall–Kier alpha value is -9.97. The van der Waals surface area contributed by atoms with Crippen LogP contribution in [-0.2, 0) is 0 Å². The summed E-state index contributed by atoms with van der Waals surface area (Å²) in [6, 6.07) is 103. The van der Waals surface area contributed by atoms with Crippen LogP contribution < -0.4 is 14.7 Å². The van der Waals surface area contributed by atoms with Gasteiger partial charge in [0.15, 0.2) is 5.58 Å². The number of anilines is 9. The Bertz CT molecular complexity index is 4050. The summed E-state index contributed by atoms with van der Waals surface area (Å²) in [6.07, 6.45) is 0. The largest absolute Gasteiger partial charge is 0.435 e. The van der Waals surface area contributed by atoms with E-state index in [9.17, 15) is 0 Å². The van der Waals surface area contributed by atoms with Gasteiger partial charge in [0, 0.05) is 62.0 Å². The van der Waals surface area contributed by atoms with Crippen molar-refractivity contribution in [1.82, 2.24) is 4.98 Å². The minimum absolute atomic E-state index is 0.603. The summed E-state index contributed by atoms with van der Waals surface area (Å²) in [4.78, 5) is 12.1. The lowest BCUT2D eigenvalue weighted by Crippen LogP contribution is -2.15. The fourth-order valence-corrected chi connectivity index (χ4v) is 10.4. The number of rotatable bonds is 12. The molecule has 0 atom stereocenters. The topological polar surface area (TPSA) is 35.8 Å². The average molecular weight is 949 g/mol. The first-order chi connectivity index (χ1) is 36.7. The van der Waals surface area contributed by atoms with Crippen molar-refractivity contribution in [2.75, 3.05) is 14.7 Å². The molecule has 0 bridgehead atoms. The standard InChI is InChI=1S/C69H48N4O/c1-6-21-49(22-7-1)53-25-18-26-54(45-53)63-37-16-17-38-66(63)73(57-31-14-5-15-32-57)61-36-20-35-60(47-61)72(59-34-19-33-58(46-59)71(55-27-10-3-11-28-55)56-29-12-4-13-30-56)62-43-41-50-39-40-51-42-44-65-68(67(51)64(50)48-62)74-69(70-65)52-23-8-2-9-24-52/h1-48H. The van der Waals surface area contributed by atoms with Crippen LogP contribution in [0.25, 0.3) is 66.4 Å². The normalized spacial score (nSPS) is 11.2. The molecule has 350 valence electrons. The summed E-state index contributed by atoms with van der Waals surface area (Å²) in [7, 11) is 0. The molecule has 0 aliphatic rings. The van der Waals surface area contributed by atoms with E-state index in [0.717, 1.165) is 101 Å². The summed E-state index contributed by atoms with van der Waals surface area (Å²) < 4.78 is 6.73. The summed E-state index contributed by atoms with van der Waals surface area (Å²) in [6.45, 7) is 0. The number of fused-ring (bicyclic) bond motifs is 5. The molecule has 12 aromatic carbocycles. The molecule has 74 heavy (non-hydrogen) atoms. The van der Waals surface area contributed by atoms with E-state index < -0.39 is 0 Å². The fourth-order valence-electron chi connectivity index (χ4n) is 10.4. The number of hydrogen-bond acceptors (Lipinski definition) is 5. The third-order valence-corrected chi connectivity index (χ3v) is 13.8. The molecular weight excluding hydrogens is 901 g/mol. The zero-order valence-electron chi connectivity index (χ0n) is 40.4. The predicted molar refractivity (Wildman–Crippen MR) is 309 cm³/mol. The molecule has 0 radical (unpaired) electrons. The van der Waals surface area contributed by atoms with Gasteiger partial charge in [-0.25, -0.2) is 4.98 Å².